The number of hydrogen-bond acceptors (Lipinski definition) is 7. The van der Waals surface area contributed by atoms with E-state index in [9.17, 15) is 18.0 Å². The lowest BCUT2D eigenvalue weighted by Gasteiger charge is -2.29. The first kappa shape index (κ1) is 28.6. The normalized spacial score (nSPS) is 20.6. The number of amidine groups is 1. The van der Waals surface area contributed by atoms with Gasteiger partial charge in [-0.3, -0.25) is 4.79 Å². The monoisotopic (exact) mass is 501 g/mol. The van der Waals surface area contributed by atoms with E-state index in [4.69, 9.17) is 15.3 Å². The summed E-state index contributed by atoms with van der Waals surface area (Å²) in [7, 11) is -3.23. The molecule has 0 aromatic heterocycles. The quantitative estimate of drug-likeness (QED) is 0.159. The van der Waals surface area contributed by atoms with Gasteiger partial charge >= 0.3 is 11.9 Å². The van der Waals surface area contributed by atoms with E-state index in [1.165, 1.54) is 42.7 Å². The van der Waals surface area contributed by atoms with E-state index in [2.05, 4.69) is 5.16 Å². The standard InChI is InChI=1S/C24H43N3O6S/c1-24(2,3)32-21(28)17-20(12-8-11-18-9-6-5-7-10-18)23(29)33-26-22(25)19-13-15-27(16-14-19)34(4,30)31/h18-20H,5-17H2,1-4H3,(H2,25,26)/t20-/m1/s1. The van der Waals surface area contributed by atoms with Crippen LogP contribution in [0.1, 0.15) is 91.4 Å². The molecule has 1 saturated carbocycles. The maximum absolute atomic E-state index is 12.8. The number of nitrogens with zero attached hydrogens (tertiary/aromatic N) is 2. The summed E-state index contributed by atoms with van der Waals surface area (Å²) in [5, 5.41) is 3.86. The smallest absolute Gasteiger partial charge is 0.338 e. The van der Waals surface area contributed by atoms with Crippen molar-refractivity contribution in [3.8, 4) is 0 Å². The molecule has 1 aliphatic heterocycles. The van der Waals surface area contributed by atoms with Gasteiger partial charge in [0.1, 0.15) is 11.4 Å². The molecule has 0 radical (unpaired) electrons. The van der Waals surface area contributed by atoms with Crippen molar-refractivity contribution < 1.29 is 27.6 Å². The molecule has 9 nitrogen and oxygen atoms in total. The molecule has 1 saturated heterocycles. The van der Waals surface area contributed by atoms with Crippen molar-refractivity contribution in [1.82, 2.24) is 4.31 Å². The van der Waals surface area contributed by atoms with Crippen molar-refractivity contribution in [1.29, 1.82) is 0 Å². The topological polar surface area (TPSA) is 128 Å². The number of piperidine rings is 1. The highest BCUT2D eigenvalue weighted by atomic mass is 32.2. The Morgan fingerprint density at radius 2 is 1.71 bits per heavy atom. The van der Waals surface area contributed by atoms with Crippen LogP contribution in [0.3, 0.4) is 0 Å². The zero-order valence-corrected chi connectivity index (χ0v) is 22.1. The summed E-state index contributed by atoms with van der Waals surface area (Å²) in [5.74, 6) is -0.926. The van der Waals surface area contributed by atoms with E-state index in [0.717, 1.165) is 12.8 Å². The fourth-order valence-corrected chi connectivity index (χ4v) is 5.62. The first-order valence-corrected chi connectivity index (χ1v) is 14.4. The molecule has 0 aromatic rings. The fourth-order valence-electron chi connectivity index (χ4n) is 4.75. The van der Waals surface area contributed by atoms with Crippen LogP contribution in [0.15, 0.2) is 5.16 Å². The van der Waals surface area contributed by atoms with Crippen molar-refractivity contribution in [2.75, 3.05) is 19.3 Å². The molecule has 0 bridgehead atoms. The SMILES string of the molecule is CC(C)(C)OC(=O)C[C@@H](CCCC1CCCCC1)C(=O)ON=C(N)C1CCN(S(C)(=O)=O)CC1. The summed E-state index contributed by atoms with van der Waals surface area (Å²) >= 11 is 0. The Balaban J connectivity index is 1.92. The third-order valence-corrected chi connectivity index (χ3v) is 7.94. The van der Waals surface area contributed by atoms with E-state index in [1.807, 2.05) is 0 Å². The predicted molar refractivity (Wildman–Crippen MR) is 131 cm³/mol. The molecule has 1 heterocycles. The number of rotatable bonds is 10. The fraction of sp³-hybridized carbons (Fsp3) is 0.875. The van der Waals surface area contributed by atoms with Gasteiger partial charge in [-0.05, 0) is 46.0 Å². The molecule has 196 valence electrons. The third kappa shape index (κ3) is 10.3. The van der Waals surface area contributed by atoms with E-state index in [-0.39, 0.29) is 18.2 Å². The van der Waals surface area contributed by atoms with E-state index >= 15 is 0 Å². The first-order valence-electron chi connectivity index (χ1n) is 12.6. The highest BCUT2D eigenvalue weighted by Crippen LogP contribution is 2.29. The number of carbonyl (C=O) groups excluding carboxylic acids is 2. The summed E-state index contributed by atoms with van der Waals surface area (Å²) in [6.07, 6.45) is 10.9. The van der Waals surface area contributed by atoms with Gasteiger partial charge in [-0.1, -0.05) is 50.1 Å². The van der Waals surface area contributed by atoms with Gasteiger partial charge in [-0.25, -0.2) is 17.5 Å². The zero-order valence-electron chi connectivity index (χ0n) is 21.3. The molecule has 1 atom stereocenters. The van der Waals surface area contributed by atoms with Gasteiger partial charge in [0.15, 0.2) is 0 Å². The van der Waals surface area contributed by atoms with Gasteiger partial charge in [0.2, 0.25) is 10.0 Å². The molecule has 2 fully saturated rings. The van der Waals surface area contributed by atoms with Crippen LogP contribution in [-0.4, -0.2) is 55.4 Å². The Kier molecular flexibility index (Phi) is 10.8. The minimum absolute atomic E-state index is 0.0526. The summed E-state index contributed by atoms with van der Waals surface area (Å²) in [6, 6.07) is 0. The minimum atomic E-state index is -3.23. The van der Waals surface area contributed by atoms with Crippen LogP contribution in [0.4, 0.5) is 0 Å². The Labute approximate surface area is 204 Å². The van der Waals surface area contributed by atoms with Crippen LogP contribution in [0, 0.1) is 17.8 Å². The summed E-state index contributed by atoms with van der Waals surface area (Å²) < 4.78 is 30.2. The maximum Gasteiger partial charge on any atom is 0.338 e. The van der Waals surface area contributed by atoms with Crippen molar-refractivity contribution in [3.63, 3.8) is 0 Å². The van der Waals surface area contributed by atoms with Crippen LogP contribution in [0.25, 0.3) is 0 Å². The van der Waals surface area contributed by atoms with Crippen molar-refractivity contribution >= 4 is 27.8 Å². The summed E-state index contributed by atoms with van der Waals surface area (Å²) in [6.45, 7) is 6.09. The van der Waals surface area contributed by atoms with Crippen molar-refractivity contribution in [2.24, 2.45) is 28.6 Å². The van der Waals surface area contributed by atoms with Crippen LogP contribution < -0.4 is 5.73 Å². The maximum atomic E-state index is 12.8. The van der Waals surface area contributed by atoms with E-state index in [0.29, 0.717) is 38.3 Å². The van der Waals surface area contributed by atoms with Gasteiger partial charge < -0.3 is 15.3 Å². The van der Waals surface area contributed by atoms with E-state index < -0.39 is 33.5 Å². The molecule has 34 heavy (non-hydrogen) atoms. The largest absolute Gasteiger partial charge is 0.460 e. The number of nitrogens with two attached hydrogens (primary N) is 1. The molecule has 2 aliphatic rings. The molecule has 2 N–H and O–H groups in total. The van der Waals surface area contributed by atoms with Gasteiger partial charge in [-0.15, -0.1) is 0 Å². The Bertz CT molecular complexity index is 807. The number of ether oxygens (including phenoxy) is 1. The third-order valence-electron chi connectivity index (χ3n) is 6.64. The van der Waals surface area contributed by atoms with Gasteiger partial charge in [0.05, 0.1) is 18.6 Å². The molecule has 0 amide bonds. The molecular weight excluding hydrogens is 458 g/mol. The van der Waals surface area contributed by atoms with Crippen LogP contribution in [0.5, 0.6) is 0 Å². The van der Waals surface area contributed by atoms with Crippen LogP contribution in [0.2, 0.25) is 0 Å². The lowest BCUT2D eigenvalue weighted by molar-refractivity contribution is -0.161. The average molecular weight is 502 g/mol. The van der Waals surface area contributed by atoms with Gasteiger partial charge in [0.25, 0.3) is 0 Å². The second kappa shape index (κ2) is 12.9. The highest BCUT2D eigenvalue weighted by molar-refractivity contribution is 7.88. The molecule has 2 rings (SSSR count). The number of oxime groups is 1. The average Bonchev–Trinajstić information content (AvgIpc) is 2.75. The Morgan fingerprint density at radius 3 is 2.26 bits per heavy atom. The van der Waals surface area contributed by atoms with Crippen molar-refractivity contribution in [2.45, 2.75) is 97.0 Å². The number of hydrogen-bond donors (Lipinski definition) is 1. The molecule has 0 unspecified atom stereocenters. The van der Waals surface area contributed by atoms with Gasteiger partial charge in [-0.2, -0.15) is 0 Å². The predicted octanol–water partition coefficient (Wildman–Crippen LogP) is 3.57. The molecule has 0 aromatic carbocycles. The number of esters is 1. The molecular formula is C24H43N3O6S. The molecule has 1 aliphatic carbocycles. The summed E-state index contributed by atoms with van der Waals surface area (Å²) in [4.78, 5) is 30.4. The van der Waals surface area contributed by atoms with Crippen LogP contribution in [-0.2, 0) is 29.2 Å². The lowest BCUT2D eigenvalue weighted by atomic mass is 9.84. The Morgan fingerprint density at radius 1 is 1.09 bits per heavy atom. The van der Waals surface area contributed by atoms with E-state index in [1.54, 1.807) is 20.8 Å². The second-order valence-corrected chi connectivity index (χ2v) is 12.8. The van der Waals surface area contributed by atoms with Gasteiger partial charge in [0, 0.05) is 19.0 Å². The first-order chi connectivity index (χ1) is 15.8. The Hall–Kier alpha value is -1.68. The number of carbonyl (C=O) groups is 2. The van der Waals surface area contributed by atoms with Crippen molar-refractivity contribution in [3.05, 3.63) is 0 Å². The van der Waals surface area contributed by atoms with Crippen LogP contribution >= 0.6 is 0 Å². The zero-order chi connectivity index (χ0) is 25.4. The molecule has 0 spiro atoms. The molecule has 10 heteroatoms. The highest BCUT2D eigenvalue weighted by Gasteiger charge is 2.29. The summed E-state index contributed by atoms with van der Waals surface area (Å²) in [5.41, 5.74) is 5.42. The number of sulfonamides is 1. The lowest BCUT2D eigenvalue weighted by Crippen LogP contribution is -2.41. The second-order valence-electron chi connectivity index (χ2n) is 10.8. The minimum Gasteiger partial charge on any atom is -0.460 e.